The monoisotopic (exact) mass is 446 g/mol. The minimum atomic E-state index is -0.210. The normalized spacial score (nSPS) is 12.6. The zero-order chi connectivity index (χ0) is 17.6. The van der Waals surface area contributed by atoms with Crippen LogP contribution in [0.15, 0.2) is 47.5 Å². The van der Waals surface area contributed by atoms with Gasteiger partial charge in [0.05, 0.1) is 45.2 Å². The molecule has 3 heterocycles. The van der Waals surface area contributed by atoms with Gasteiger partial charge in [0.15, 0.2) is 0 Å². The summed E-state index contributed by atoms with van der Waals surface area (Å²) in [5.41, 5.74) is 2.97. The molecular formula is C18H15IN4O2. The highest BCUT2D eigenvalue weighted by Gasteiger charge is 2.19. The van der Waals surface area contributed by atoms with Crippen molar-refractivity contribution in [2.45, 2.75) is 13.0 Å². The van der Waals surface area contributed by atoms with Crippen LogP contribution >= 0.6 is 22.6 Å². The average molecular weight is 446 g/mol. The van der Waals surface area contributed by atoms with Crippen molar-refractivity contribution in [3.63, 3.8) is 0 Å². The molecule has 0 aliphatic carbocycles. The second kappa shape index (κ2) is 6.14. The van der Waals surface area contributed by atoms with Gasteiger partial charge in [-0.25, -0.2) is 4.79 Å². The molecule has 0 aliphatic heterocycles. The van der Waals surface area contributed by atoms with E-state index in [9.17, 15) is 4.79 Å². The maximum Gasteiger partial charge on any atom is 0.327 e. The zero-order valence-electron chi connectivity index (χ0n) is 13.7. The lowest BCUT2D eigenvalue weighted by Crippen LogP contribution is -2.21. The lowest BCUT2D eigenvalue weighted by Gasteiger charge is -2.14. The third kappa shape index (κ3) is 2.58. The van der Waals surface area contributed by atoms with Gasteiger partial charge in [0.2, 0.25) is 0 Å². The number of H-pyrrole nitrogens is 1. The summed E-state index contributed by atoms with van der Waals surface area (Å²) >= 11 is 2.22. The molecule has 6 nitrogen and oxygen atoms in total. The first kappa shape index (κ1) is 16.1. The standard InChI is InChI=1S/C18H15IN4O2/c1-10(13-5-3-4-6-20-13)23-17-11-7-16(25-2)12(19)8-14(11)21-9-15(17)22-18(23)24/h3-10H,1-2H3,(H,22,24). The Morgan fingerprint density at radius 1 is 1.28 bits per heavy atom. The molecule has 0 radical (unpaired) electrons. The van der Waals surface area contributed by atoms with Crippen molar-refractivity contribution in [1.29, 1.82) is 0 Å². The number of rotatable bonds is 3. The summed E-state index contributed by atoms with van der Waals surface area (Å²) in [5, 5.41) is 0.871. The van der Waals surface area contributed by atoms with Crippen molar-refractivity contribution >= 4 is 44.5 Å². The van der Waals surface area contributed by atoms with E-state index in [0.29, 0.717) is 5.52 Å². The van der Waals surface area contributed by atoms with Crippen molar-refractivity contribution in [3.8, 4) is 5.75 Å². The van der Waals surface area contributed by atoms with Gasteiger partial charge in [-0.1, -0.05) is 6.07 Å². The summed E-state index contributed by atoms with van der Waals surface area (Å²) < 4.78 is 8.15. The number of aromatic nitrogens is 4. The molecule has 1 aromatic carbocycles. The van der Waals surface area contributed by atoms with Crippen molar-refractivity contribution in [2.24, 2.45) is 0 Å². The van der Waals surface area contributed by atoms with Gasteiger partial charge in [-0.2, -0.15) is 0 Å². The second-order valence-corrected chi connectivity index (χ2v) is 6.92. The maximum atomic E-state index is 12.6. The van der Waals surface area contributed by atoms with Crippen LogP contribution in [0, 0.1) is 3.57 Å². The average Bonchev–Trinajstić information content (AvgIpc) is 2.97. The molecule has 4 rings (SSSR count). The fourth-order valence-electron chi connectivity index (χ4n) is 3.09. The van der Waals surface area contributed by atoms with Crippen molar-refractivity contribution in [3.05, 3.63) is 62.5 Å². The number of nitrogens with zero attached hydrogens (tertiary/aromatic N) is 3. The molecule has 0 amide bonds. The smallest absolute Gasteiger partial charge is 0.327 e. The number of methoxy groups -OCH3 is 1. The Morgan fingerprint density at radius 3 is 2.84 bits per heavy atom. The van der Waals surface area contributed by atoms with E-state index >= 15 is 0 Å². The summed E-state index contributed by atoms with van der Waals surface area (Å²) in [6.07, 6.45) is 3.43. The fourth-order valence-corrected chi connectivity index (χ4v) is 3.76. The number of nitrogens with one attached hydrogen (secondary N) is 1. The largest absolute Gasteiger partial charge is 0.496 e. The van der Waals surface area contributed by atoms with E-state index < -0.39 is 0 Å². The lowest BCUT2D eigenvalue weighted by molar-refractivity contribution is 0.412. The molecule has 0 fully saturated rings. The quantitative estimate of drug-likeness (QED) is 0.489. The zero-order valence-corrected chi connectivity index (χ0v) is 15.8. The van der Waals surface area contributed by atoms with Crippen LogP contribution in [-0.2, 0) is 0 Å². The topological polar surface area (TPSA) is 72.8 Å². The molecule has 0 bridgehead atoms. The molecule has 1 atom stereocenters. The van der Waals surface area contributed by atoms with Crippen molar-refractivity contribution in [2.75, 3.05) is 7.11 Å². The number of imidazole rings is 1. The second-order valence-electron chi connectivity index (χ2n) is 5.76. The van der Waals surface area contributed by atoms with E-state index in [2.05, 4.69) is 37.5 Å². The number of pyridine rings is 2. The van der Waals surface area contributed by atoms with Crippen molar-refractivity contribution < 1.29 is 4.74 Å². The first-order chi connectivity index (χ1) is 12.1. The Kier molecular flexibility index (Phi) is 3.95. The Bertz CT molecular complexity index is 1130. The Balaban J connectivity index is 2.07. The molecule has 0 saturated heterocycles. The van der Waals surface area contributed by atoms with E-state index in [1.54, 1.807) is 24.1 Å². The SMILES string of the molecule is COc1cc2c(cc1I)ncc1[nH]c(=O)n(C(C)c3ccccn3)c12. The summed E-state index contributed by atoms with van der Waals surface area (Å²) in [4.78, 5) is 24.4. The van der Waals surface area contributed by atoms with Crippen molar-refractivity contribution in [1.82, 2.24) is 19.5 Å². The Labute approximate surface area is 157 Å². The highest BCUT2D eigenvalue weighted by molar-refractivity contribution is 14.1. The van der Waals surface area contributed by atoms with E-state index in [-0.39, 0.29) is 11.7 Å². The molecular weight excluding hydrogens is 431 g/mol. The number of benzene rings is 1. The fraction of sp³-hybridized carbons (Fsp3) is 0.167. The molecule has 0 aliphatic rings. The van der Waals surface area contributed by atoms with Gasteiger partial charge >= 0.3 is 5.69 Å². The number of hydrogen-bond acceptors (Lipinski definition) is 4. The summed E-state index contributed by atoms with van der Waals surface area (Å²) in [6.45, 7) is 1.97. The van der Waals surface area contributed by atoms with Crippen LogP contribution in [0.2, 0.25) is 0 Å². The third-order valence-electron chi connectivity index (χ3n) is 4.32. The predicted molar refractivity (Wildman–Crippen MR) is 105 cm³/mol. The van der Waals surface area contributed by atoms with Crippen LogP contribution in [0.3, 0.4) is 0 Å². The number of fused-ring (bicyclic) bond motifs is 3. The lowest BCUT2D eigenvalue weighted by atomic mass is 10.1. The van der Waals surface area contributed by atoms with E-state index in [1.807, 2.05) is 37.3 Å². The van der Waals surface area contributed by atoms with Gasteiger partial charge in [0.1, 0.15) is 5.75 Å². The molecule has 4 aromatic rings. The van der Waals surface area contributed by atoms with Crippen LogP contribution in [0.25, 0.3) is 21.9 Å². The van der Waals surface area contributed by atoms with Gasteiger partial charge in [-0.15, -0.1) is 0 Å². The first-order valence-electron chi connectivity index (χ1n) is 7.77. The highest BCUT2D eigenvalue weighted by atomic mass is 127. The van der Waals surface area contributed by atoms with Gasteiger partial charge in [-0.3, -0.25) is 14.5 Å². The molecule has 25 heavy (non-hydrogen) atoms. The molecule has 3 aromatic heterocycles. The van der Waals surface area contributed by atoms with E-state index in [1.165, 1.54) is 0 Å². The van der Waals surface area contributed by atoms with Crippen LogP contribution in [0.1, 0.15) is 18.7 Å². The number of hydrogen-bond donors (Lipinski definition) is 1. The Morgan fingerprint density at radius 2 is 2.12 bits per heavy atom. The molecule has 1 unspecified atom stereocenters. The molecule has 7 heteroatoms. The first-order valence-corrected chi connectivity index (χ1v) is 8.85. The minimum absolute atomic E-state index is 0.181. The van der Waals surface area contributed by atoms with E-state index in [0.717, 1.165) is 31.4 Å². The number of aromatic amines is 1. The van der Waals surface area contributed by atoms with Crippen LogP contribution < -0.4 is 10.4 Å². The predicted octanol–water partition coefficient (Wildman–Crippen LogP) is 3.50. The van der Waals surface area contributed by atoms with Gasteiger partial charge < -0.3 is 9.72 Å². The van der Waals surface area contributed by atoms with Crippen LogP contribution in [-0.4, -0.2) is 26.6 Å². The molecule has 1 N–H and O–H groups in total. The molecule has 0 spiro atoms. The maximum absolute atomic E-state index is 12.6. The Hall–Kier alpha value is -2.42. The minimum Gasteiger partial charge on any atom is -0.496 e. The summed E-state index contributed by atoms with van der Waals surface area (Å²) in [5.74, 6) is 0.757. The number of ether oxygens (including phenoxy) is 1. The van der Waals surface area contributed by atoms with Gasteiger partial charge in [0.25, 0.3) is 0 Å². The number of halogens is 1. The van der Waals surface area contributed by atoms with Crippen LogP contribution in [0.4, 0.5) is 0 Å². The molecule has 126 valence electrons. The summed E-state index contributed by atoms with van der Waals surface area (Å²) in [6, 6.07) is 9.38. The molecule has 0 saturated carbocycles. The van der Waals surface area contributed by atoms with Crippen LogP contribution in [0.5, 0.6) is 5.75 Å². The van der Waals surface area contributed by atoms with E-state index in [4.69, 9.17) is 4.74 Å². The van der Waals surface area contributed by atoms with Gasteiger partial charge in [0, 0.05) is 11.6 Å². The third-order valence-corrected chi connectivity index (χ3v) is 5.16. The highest BCUT2D eigenvalue weighted by Crippen LogP contribution is 2.31. The van der Waals surface area contributed by atoms with Gasteiger partial charge in [-0.05, 0) is 53.8 Å². The summed E-state index contributed by atoms with van der Waals surface area (Å²) in [7, 11) is 1.64.